The largest absolute Gasteiger partial charge is 0.343 e. The van der Waals surface area contributed by atoms with Crippen LogP contribution in [0.15, 0.2) is 36.4 Å². The number of nitrogens with one attached hydrogen (secondary N) is 1. The molecule has 0 aliphatic carbocycles. The van der Waals surface area contributed by atoms with Crippen LogP contribution in [0.5, 0.6) is 0 Å². The number of likely N-dealkylation sites (N-methyl/N-ethyl adjacent to an activating group) is 1. The molecule has 34 heavy (non-hydrogen) atoms. The predicted molar refractivity (Wildman–Crippen MR) is 129 cm³/mol. The number of urea groups is 1. The molecule has 0 saturated carbocycles. The molecule has 3 aliphatic heterocycles. The van der Waals surface area contributed by atoms with Gasteiger partial charge in [0.15, 0.2) is 0 Å². The number of fused-ring (bicyclic) bond motifs is 3. The van der Waals surface area contributed by atoms with Crippen molar-refractivity contribution in [2.24, 2.45) is 5.92 Å². The second-order valence-corrected chi connectivity index (χ2v) is 10.1. The third kappa shape index (κ3) is 3.65. The number of halogens is 2. The van der Waals surface area contributed by atoms with Gasteiger partial charge in [0.2, 0.25) is 0 Å². The van der Waals surface area contributed by atoms with E-state index in [0.717, 1.165) is 17.1 Å². The molecule has 180 valence electrons. The molecule has 3 saturated heterocycles. The first kappa shape index (κ1) is 23.1. The van der Waals surface area contributed by atoms with Gasteiger partial charge in [0, 0.05) is 36.4 Å². The normalized spacial score (nSPS) is 27.3. The second-order valence-electron chi connectivity index (χ2n) is 9.67. The van der Waals surface area contributed by atoms with E-state index in [9.17, 15) is 14.0 Å². The van der Waals surface area contributed by atoms with Gasteiger partial charge in [0.1, 0.15) is 24.3 Å². The van der Waals surface area contributed by atoms with Crippen molar-refractivity contribution in [3.63, 3.8) is 0 Å². The number of benzene rings is 2. The number of aryl methyl sites for hydroxylation is 2. The number of nitrogens with zero attached hydrogens (tertiary/aromatic N) is 4. The summed E-state index contributed by atoms with van der Waals surface area (Å²) >= 11 is 6.20. The lowest BCUT2D eigenvalue weighted by Gasteiger charge is -2.46. The highest BCUT2D eigenvalue weighted by molar-refractivity contribution is 6.31. The number of hydrogen-bond acceptors (Lipinski definition) is 5. The summed E-state index contributed by atoms with van der Waals surface area (Å²) in [5.41, 5.74) is 3.65. The number of amides is 3. The lowest BCUT2D eigenvalue weighted by atomic mass is 10.0. The molecule has 7 nitrogen and oxygen atoms in total. The summed E-state index contributed by atoms with van der Waals surface area (Å²) in [6.45, 7) is 7.68. The van der Waals surface area contributed by atoms with Gasteiger partial charge in [-0.2, -0.15) is 0 Å². The monoisotopic (exact) mass is 485 g/mol. The van der Waals surface area contributed by atoms with E-state index in [1.807, 2.05) is 0 Å². The van der Waals surface area contributed by atoms with Gasteiger partial charge in [-0.15, -0.1) is 0 Å². The van der Waals surface area contributed by atoms with Crippen LogP contribution in [0, 0.1) is 25.6 Å². The SMILES string of the molecule is Cc1ccc(N2CC(C)CN3C4C(=O)N(Cc5c(F)cccc5Cl)C(=O)N(C)C4NC23)cc1C. The Kier molecular flexibility index (Phi) is 5.78. The Morgan fingerprint density at radius 1 is 1.12 bits per heavy atom. The Morgan fingerprint density at radius 3 is 2.59 bits per heavy atom. The van der Waals surface area contributed by atoms with Crippen LogP contribution in [0.4, 0.5) is 14.9 Å². The van der Waals surface area contributed by atoms with Crippen LogP contribution in [-0.2, 0) is 11.3 Å². The maximum atomic E-state index is 14.5. The molecule has 3 fully saturated rings. The van der Waals surface area contributed by atoms with Crippen LogP contribution in [0.3, 0.4) is 0 Å². The van der Waals surface area contributed by atoms with Gasteiger partial charge in [-0.05, 0) is 55.2 Å². The van der Waals surface area contributed by atoms with Gasteiger partial charge in [0.05, 0.1) is 6.54 Å². The highest BCUT2D eigenvalue weighted by Crippen LogP contribution is 2.35. The summed E-state index contributed by atoms with van der Waals surface area (Å²) in [6.07, 6.45) is -0.707. The van der Waals surface area contributed by atoms with E-state index in [-0.39, 0.29) is 29.3 Å². The minimum Gasteiger partial charge on any atom is -0.343 e. The zero-order valence-corrected chi connectivity index (χ0v) is 20.5. The van der Waals surface area contributed by atoms with E-state index in [4.69, 9.17) is 11.6 Å². The first-order valence-corrected chi connectivity index (χ1v) is 11.9. The zero-order valence-electron chi connectivity index (χ0n) is 19.8. The number of imide groups is 1. The van der Waals surface area contributed by atoms with Gasteiger partial charge < -0.3 is 9.80 Å². The molecule has 3 heterocycles. The summed E-state index contributed by atoms with van der Waals surface area (Å²) < 4.78 is 14.5. The van der Waals surface area contributed by atoms with Gasteiger partial charge >= 0.3 is 6.03 Å². The third-order valence-electron chi connectivity index (χ3n) is 7.29. The van der Waals surface area contributed by atoms with Crippen LogP contribution in [0.1, 0.15) is 23.6 Å². The second kappa shape index (κ2) is 8.52. The number of carbonyl (C=O) groups excluding carboxylic acids is 2. The van der Waals surface area contributed by atoms with Gasteiger partial charge in [-0.25, -0.2) is 9.18 Å². The smallest absolute Gasteiger partial charge is 0.328 e. The molecular formula is C25H29ClFN5O2. The molecule has 0 spiro atoms. The van der Waals surface area contributed by atoms with E-state index in [0.29, 0.717) is 12.5 Å². The van der Waals surface area contributed by atoms with Crippen molar-refractivity contribution < 1.29 is 14.0 Å². The summed E-state index contributed by atoms with van der Waals surface area (Å²) in [5.74, 6) is -0.562. The maximum absolute atomic E-state index is 14.5. The van der Waals surface area contributed by atoms with Crippen molar-refractivity contribution in [1.82, 2.24) is 20.0 Å². The van der Waals surface area contributed by atoms with Crippen LogP contribution in [-0.4, -0.2) is 65.3 Å². The fraction of sp³-hybridized carbons (Fsp3) is 0.440. The number of carbonyl (C=O) groups is 2. The topological polar surface area (TPSA) is 59.1 Å². The molecule has 4 unspecified atom stereocenters. The van der Waals surface area contributed by atoms with Crippen LogP contribution < -0.4 is 10.2 Å². The average molecular weight is 486 g/mol. The molecule has 0 radical (unpaired) electrons. The molecule has 3 aliphatic rings. The lowest BCUT2D eigenvalue weighted by molar-refractivity contribution is -0.139. The summed E-state index contributed by atoms with van der Waals surface area (Å²) in [4.78, 5) is 34.0. The van der Waals surface area contributed by atoms with E-state index in [2.05, 4.69) is 54.1 Å². The minimum atomic E-state index is -0.574. The van der Waals surface area contributed by atoms with Crippen molar-refractivity contribution >= 4 is 29.2 Å². The van der Waals surface area contributed by atoms with Crippen LogP contribution in [0.2, 0.25) is 5.02 Å². The summed E-state index contributed by atoms with van der Waals surface area (Å²) in [7, 11) is 1.68. The van der Waals surface area contributed by atoms with Crippen LogP contribution in [0.25, 0.3) is 0 Å². The third-order valence-corrected chi connectivity index (χ3v) is 7.64. The van der Waals surface area contributed by atoms with Crippen molar-refractivity contribution in [3.8, 4) is 0 Å². The number of rotatable bonds is 3. The molecule has 0 aromatic heterocycles. The van der Waals surface area contributed by atoms with E-state index in [1.54, 1.807) is 18.0 Å². The summed E-state index contributed by atoms with van der Waals surface area (Å²) in [5, 5.41) is 3.72. The van der Waals surface area contributed by atoms with E-state index < -0.39 is 24.1 Å². The van der Waals surface area contributed by atoms with Crippen molar-refractivity contribution in [3.05, 3.63) is 63.9 Å². The Bertz CT molecular complexity index is 1140. The molecule has 4 atom stereocenters. The van der Waals surface area contributed by atoms with Crippen molar-refractivity contribution in [2.45, 2.75) is 45.8 Å². The molecular weight excluding hydrogens is 457 g/mol. The molecule has 9 heteroatoms. The summed E-state index contributed by atoms with van der Waals surface area (Å²) in [6, 6.07) is 9.69. The zero-order chi connectivity index (χ0) is 24.3. The maximum Gasteiger partial charge on any atom is 0.328 e. The minimum absolute atomic E-state index is 0.143. The highest BCUT2D eigenvalue weighted by atomic mass is 35.5. The Labute approximate surface area is 204 Å². The molecule has 1 N–H and O–H groups in total. The Hall–Kier alpha value is -2.68. The molecule has 3 amide bonds. The lowest BCUT2D eigenvalue weighted by Crippen LogP contribution is -2.66. The molecule has 0 bridgehead atoms. The fourth-order valence-corrected chi connectivity index (χ4v) is 5.53. The highest BCUT2D eigenvalue weighted by Gasteiger charge is 2.56. The first-order chi connectivity index (χ1) is 16.2. The van der Waals surface area contributed by atoms with E-state index in [1.165, 1.54) is 23.3 Å². The average Bonchev–Trinajstić information content (AvgIpc) is 3.18. The first-order valence-electron chi connectivity index (χ1n) is 11.5. The van der Waals surface area contributed by atoms with Gasteiger partial charge in [-0.3, -0.25) is 19.9 Å². The Balaban J connectivity index is 1.48. The molecule has 2 aromatic carbocycles. The molecule has 2 aromatic rings. The van der Waals surface area contributed by atoms with Gasteiger partial charge in [-0.1, -0.05) is 30.7 Å². The Morgan fingerprint density at radius 2 is 1.88 bits per heavy atom. The van der Waals surface area contributed by atoms with Gasteiger partial charge in [0.25, 0.3) is 5.91 Å². The fourth-order valence-electron chi connectivity index (χ4n) is 5.31. The van der Waals surface area contributed by atoms with E-state index >= 15 is 0 Å². The standard InChI is InChI=1S/C25H29ClFN5O2/c1-14-11-30(17-9-8-15(2)16(3)10-17)24-28-22-21(31(24)12-14)23(33)32(25(34)29(22)4)13-18-19(26)6-5-7-20(18)27/h5-10,14,21-22,24,28H,11-13H2,1-4H3. The molecule has 5 rings (SSSR count). The van der Waals surface area contributed by atoms with Crippen molar-refractivity contribution in [1.29, 1.82) is 0 Å². The quantitative estimate of drug-likeness (QED) is 0.720. The van der Waals surface area contributed by atoms with Crippen molar-refractivity contribution in [2.75, 3.05) is 25.0 Å². The predicted octanol–water partition coefficient (Wildman–Crippen LogP) is 3.53. The number of hydrogen-bond donors (Lipinski definition) is 1. The number of anilines is 1. The van der Waals surface area contributed by atoms with Crippen LogP contribution >= 0.6 is 11.6 Å².